The highest BCUT2D eigenvalue weighted by molar-refractivity contribution is 9.10. The molecule has 7 nitrogen and oxygen atoms in total. The predicted octanol–water partition coefficient (Wildman–Crippen LogP) is 0.467. The smallest absolute Gasteiger partial charge is 0.269 e. The SMILES string of the molecule is O=C(Cn1cnccc1=O)NNC(=O)c1ccc(Br)cc1. The Morgan fingerprint density at radius 1 is 1.14 bits per heavy atom. The number of rotatable bonds is 3. The molecule has 1 heterocycles. The van der Waals surface area contributed by atoms with Gasteiger partial charge in [-0.1, -0.05) is 15.9 Å². The highest BCUT2D eigenvalue weighted by Crippen LogP contribution is 2.09. The van der Waals surface area contributed by atoms with Crippen LogP contribution in [0.2, 0.25) is 0 Å². The Labute approximate surface area is 128 Å². The summed E-state index contributed by atoms with van der Waals surface area (Å²) in [6, 6.07) is 7.89. The number of aromatic nitrogens is 2. The summed E-state index contributed by atoms with van der Waals surface area (Å²) in [6.45, 7) is -0.229. The molecule has 0 saturated carbocycles. The van der Waals surface area contributed by atoms with E-state index in [0.29, 0.717) is 5.56 Å². The molecule has 0 atom stereocenters. The zero-order valence-corrected chi connectivity index (χ0v) is 12.3. The summed E-state index contributed by atoms with van der Waals surface area (Å²) in [6.07, 6.45) is 2.59. The van der Waals surface area contributed by atoms with Gasteiger partial charge in [-0.05, 0) is 24.3 Å². The summed E-state index contributed by atoms with van der Waals surface area (Å²) in [4.78, 5) is 38.5. The normalized spacial score (nSPS) is 9.95. The second-order valence-corrected chi connectivity index (χ2v) is 4.97. The molecule has 0 aliphatic heterocycles. The van der Waals surface area contributed by atoms with E-state index < -0.39 is 11.8 Å². The average molecular weight is 351 g/mol. The van der Waals surface area contributed by atoms with Crippen molar-refractivity contribution in [3.63, 3.8) is 0 Å². The zero-order valence-electron chi connectivity index (χ0n) is 10.7. The van der Waals surface area contributed by atoms with Crippen molar-refractivity contribution in [2.24, 2.45) is 0 Å². The Kier molecular flexibility index (Phi) is 4.83. The third-order valence-corrected chi connectivity index (χ3v) is 3.06. The molecule has 0 unspecified atom stereocenters. The Bertz CT molecular complexity index is 712. The van der Waals surface area contributed by atoms with Crippen LogP contribution in [0.15, 0.2) is 52.1 Å². The van der Waals surface area contributed by atoms with E-state index in [1.807, 2.05) is 0 Å². The summed E-state index contributed by atoms with van der Waals surface area (Å²) in [7, 11) is 0. The Balaban J connectivity index is 1.89. The molecular weight excluding hydrogens is 340 g/mol. The monoisotopic (exact) mass is 350 g/mol. The minimum atomic E-state index is -0.532. The van der Waals surface area contributed by atoms with Crippen LogP contribution in [0.5, 0.6) is 0 Å². The van der Waals surface area contributed by atoms with Gasteiger partial charge in [0.2, 0.25) is 0 Å². The van der Waals surface area contributed by atoms with E-state index >= 15 is 0 Å². The van der Waals surface area contributed by atoms with E-state index in [2.05, 4.69) is 31.8 Å². The lowest BCUT2D eigenvalue weighted by Crippen LogP contribution is -2.44. The summed E-state index contributed by atoms with van der Waals surface area (Å²) >= 11 is 3.26. The van der Waals surface area contributed by atoms with Crippen LogP contribution in [0, 0.1) is 0 Å². The summed E-state index contributed by atoms with van der Waals surface area (Å²) in [5.74, 6) is -0.982. The topological polar surface area (TPSA) is 93.1 Å². The number of hydrogen-bond donors (Lipinski definition) is 2. The zero-order chi connectivity index (χ0) is 15.2. The quantitative estimate of drug-likeness (QED) is 0.786. The van der Waals surface area contributed by atoms with Gasteiger partial charge in [0.15, 0.2) is 0 Å². The number of hydrogen-bond acceptors (Lipinski definition) is 4. The maximum absolute atomic E-state index is 11.8. The largest absolute Gasteiger partial charge is 0.290 e. The van der Waals surface area contributed by atoms with Crippen molar-refractivity contribution in [3.8, 4) is 0 Å². The van der Waals surface area contributed by atoms with Crippen molar-refractivity contribution in [2.45, 2.75) is 6.54 Å². The highest BCUT2D eigenvalue weighted by atomic mass is 79.9. The average Bonchev–Trinajstić information content (AvgIpc) is 2.48. The molecule has 2 aromatic rings. The number of amides is 2. The fourth-order valence-electron chi connectivity index (χ4n) is 1.49. The predicted molar refractivity (Wildman–Crippen MR) is 78.2 cm³/mol. The van der Waals surface area contributed by atoms with Crippen LogP contribution in [0.3, 0.4) is 0 Å². The molecule has 108 valence electrons. The first-order valence-corrected chi connectivity index (χ1v) is 6.71. The number of hydrazine groups is 1. The molecule has 1 aromatic heterocycles. The van der Waals surface area contributed by atoms with Crippen molar-refractivity contribution in [3.05, 3.63) is 63.2 Å². The number of benzene rings is 1. The van der Waals surface area contributed by atoms with Gasteiger partial charge in [0.05, 0.1) is 6.33 Å². The first-order valence-electron chi connectivity index (χ1n) is 5.91. The second kappa shape index (κ2) is 6.80. The van der Waals surface area contributed by atoms with Gasteiger partial charge in [-0.2, -0.15) is 0 Å². The standard InChI is InChI=1S/C13H11BrN4O3/c14-10-3-1-9(2-4-10)13(21)17-16-11(19)7-18-8-15-6-5-12(18)20/h1-6,8H,7H2,(H,16,19)(H,17,21). The minimum Gasteiger partial charge on any atom is -0.290 e. The van der Waals surface area contributed by atoms with E-state index in [-0.39, 0.29) is 12.1 Å². The first-order chi connectivity index (χ1) is 10.1. The van der Waals surface area contributed by atoms with Crippen LogP contribution in [-0.4, -0.2) is 21.4 Å². The fraction of sp³-hybridized carbons (Fsp3) is 0.0769. The number of halogens is 1. The van der Waals surface area contributed by atoms with Gasteiger partial charge in [0, 0.05) is 22.3 Å². The number of nitrogens with one attached hydrogen (secondary N) is 2. The summed E-state index contributed by atoms with van der Waals surface area (Å²) < 4.78 is 1.97. The second-order valence-electron chi connectivity index (χ2n) is 4.06. The molecule has 2 rings (SSSR count). The number of carbonyl (C=O) groups excluding carboxylic acids is 2. The number of nitrogens with zero attached hydrogens (tertiary/aromatic N) is 2. The molecule has 2 amide bonds. The van der Waals surface area contributed by atoms with Crippen molar-refractivity contribution in [1.29, 1.82) is 0 Å². The molecule has 0 aliphatic carbocycles. The van der Waals surface area contributed by atoms with E-state index in [9.17, 15) is 14.4 Å². The Morgan fingerprint density at radius 3 is 2.52 bits per heavy atom. The van der Waals surface area contributed by atoms with Crippen LogP contribution in [0.25, 0.3) is 0 Å². The van der Waals surface area contributed by atoms with Crippen LogP contribution in [0.1, 0.15) is 10.4 Å². The summed E-state index contributed by atoms with van der Waals surface area (Å²) in [5, 5.41) is 0. The molecule has 0 aliphatic rings. The fourth-order valence-corrected chi connectivity index (χ4v) is 1.76. The lowest BCUT2D eigenvalue weighted by atomic mass is 10.2. The van der Waals surface area contributed by atoms with E-state index in [1.165, 1.54) is 18.6 Å². The van der Waals surface area contributed by atoms with Crippen molar-refractivity contribution in [2.75, 3.05) is 0 Å². The van der Waals surface area contributed by atoms with Gasteiger partial charge < -0.3 is 0 Å². The van der Waals surface area contributed by atoms with E-state index in [0.717, 1.165) is 9.04 Å². The molecule has 21 heavy (non-hydrogen) atoms. The van der Waals surface area contributed by atoms with Crippen LogP contribution in [0.4, 0.5) is 0 Å². The molecule has 8 heteroatoms. The third-order valence-electron chi connectivity index (χ3n) is 2.53. The minimum absolute atomic E-state index is 0.229. The lowest BCUT2D eigenvalue weighted by molar-refractivity contribution is -0.122. The van der Waals surface area contributed by atoms with Crippen molar-refractivity contribution >= 4 is 27.7 Å². The van der Waals surface area contributed by atoms with Crippen molar-refractivity contribution in [1.82, 2.24) is 20.4 Å². The summed E-state index contributed by atoms with van der Waals surface area (Å²) in [5.41, 5.74) is 4.55. The van der Waals surface area contributed by atoms with Gasteiger partial charge in [-0.25, -0.2) is 4.98 Å². The Hall–Kier alpha value is -2.48. The lowest BCUT2D eigenvalue weighted by Gasteiger charge is -2.08. The molecule has 0 radical (unpaired) electrons. The van der Waals surface area contributed by atoms with Crippen LogP contribution in [-0.2, 0) is 11.3 Å². The molecule has 2 N–H and O–H groups in total. The number of carbonyl (C=O) groups is 2. The molecule has 0 saturated heterocycles. The molecule has 0 bridgehead atoms. The molecule has 0 fully saturated rings. The first kappa shape index (κ1) is 14.9. The van der Waals surface area contributed by atoms with Crippen LogP contribution >= 0.6 is 15.9 Å². The van der Waals surface area contributed by atoms with Gasteiger partial charge >= 0.3 is 0 Å². The maximum Gasteiger partial charge on any atom is 0.269 e. The van der Waals surface area contributed by atoms with Crippen molar-refractivity contribution < 1.29 is 9.59 Å². The highest BCUT2D eigenvalue weighted by Gasteiger charge is 2.08. The van der Waals surface area contributed by atoms with E-state index in [1.54, 1.807) is 24.3 Å². The van der Waals surface area contributed by atoms with Crippen LogP contribution < -0.4 is 16.4 Å². The van der Waals surface area contributed by atoms with E-state index in [4.69, 9.17) is 0 Å². The van der Waals surface area contributed by atoms with Gasteiger partial charge in [0.1, 0.15) is 6.54 Å². The van der Waals surface area contributed by atoms with Gasteiger partial charge in [-0.3, -0.25) is 29.8 Å². The van der Waals surface area contributed by atoms with Gasteiger partial charge in [-0.15, -0.1) is 0 Å². The third kappa shape index (κ3) is 4.25. The maximum atomic E-state index is 11.8. The molecule has 0 spiro atoms. The molecule has 1 aromatic carbocycles. The Morgan fingerprint density at radius 2 is 1.86 bits per heavy atom. The molecular formula is C13H11BrN4O3. The van der Waals surface area contributed by atoms with Gasteiger partial charge in [0.25, 0.3) is 17.4 Å².